The lowest BCUT2D eigenvalue weighted by atomic mass is 10.1. The summed E-state index contributed by atoms with van der Waals surface area (Å²) in [7, 11) is 1.54. The predicted octanol–water partition coefficient (Wildman–Crippen LogP) is 2.49. The number of nitrogens with zero attached hydrogens (tertiary/aromatic N) is 1. The van der Waals surface area contributed by atoms with Crippen LogP contribution in [0, 0.1) is 13.8 Å². The number of methoxy groups -OCH3 is 1. The van der Waals surface area contributed by atoms with Gasteiger partial charge in [-0.15, -0.1) is 0 Å². The summed E-state index contributed by atoms with van der Waals surface area (Å²) in [6.07, 6.45) is 2.46. The Bertz CT molecular complexity index is 292. The van der Waals surface area contributed by atoms with Crippen LogP contribution < -0.4 is 0 Å². The summed E-state index contributed by atoms with van der Waals surface area (Å²) >= 11 is 0. The Morgan fingerprint density at radius 2 is 2.08 bits per heavy atom. The quantitative estimate of drug-likeness (QED) is 0.483. The summed E-state index contributed by atoms with van der Waals surface area (Å²) in [5, 5.41) is 0. The van der Waals surface area contributed by atoms with Crippen LogP contribution in [-0.4, -0.2) is 13.5 Å². The van der Waals surface area contributed by atoms with Crippen LogP contribution in [0.2, 0.25) is 0 Å². The van der Waals surface area contributed by atoms with Gasteiger partial charge in [0, 0.05) is 0 Å². The first-order valence-electron chi connectivity index (χ1n) is 3.80. The van der Waals surface area contributed by atoms with Gasteiger partial charge in [0.15, 0.2) is 0 Å². The molecule has 2 heteroatoms. The summed E-state index contributed by atoms with van der Waals surface area (Å²) < 4.78 is 4.62. The highest BCUT2D eigenvalue weighted by Gasteiger charge is 1.94. The second kappa shape index (κ2) is 3.90. The van der Waals surface area contributed by atoms with Gasteiger partial charge in [-0.2, -0.15) is 0 Å². The molecule has 12 heavy (non-hydrogen) atoms. The van der Waals surface area contributed by atoms with E-state index in [1.165, 1.54) is 12.7 Å². The minimum Gasteiger partial charge on any atom is -0.477 e. The number of hydrogen-bond donors (Lipinski definition) is 0. The van der Waals surface area contributed by atoms with Gasteiger partial charge in [0.05, 0.1) is 12.8 Å². The van der Waals surface area contributed by atoms with E-state index in [0.717, 1.165) is 11.3 Å². The number of aliphatic imine (C=N–C) groups is 1. The Morgan fingerprint density at radius 3 is 2.75 bits per heavy atom. The van der Waals surface area contributed by atoms with E-state index in [9.17, 15) is 0 Å². The smallest absolute Gasteiger partial charge is 0.278 e. The van der Waals surface area contributed by atoms with E-state index in [0.29, 0.717) is 0 Å². The lowest BCUT2D eigenvalue weighted by Gasteiger charge is -1.99. The van der Waals surface area contributed by atoms with Gasteiger partial charge in [-0.25, -0.2) is 4.99 Å². The Kier molecular flexibility index (Phi) is 2.86. The van der Waals surface area contributed by atoms with E-state index in [4.69, 9.17) is 0 Å². The SMILES string of the molecule is CO/[C]=N\c1cc(C)ccc1C. The average molecular weight is 162 g/mol. The lowest BCUT2D eigenvalue weighted by molar-refractivity contribution is 0.423. The summed E-state index contributed by atoms with van der Waals surface area (Å²) in [4.78, 5) is 4.01. The zero-order chi connectivity index (χ0) is 8.97. The van der Waals surface area contributed by atoms with Gasteiger partial charge in [-0.1, -0.05) is 12.1 Å². The van der Waals surface area contributed by atoms with Gasteiger partial charge in [-0.05, 0) is 31.0 Å². The van der Waals surface area contributed by atoms with Crippen molar-refractivity contribution >= 4 is 12.1 Å². The van der Waals surface area contributed by atoms with Crippen LogP contribution in [0.5, 0.6) is 0 Å². The zero-order valence-corrected chi connectivity index (χ0v) is 7.59. The molecule has 0 fully saturated rings. The first-order chi connectivity index (χ1) is 5.74. The molecule has 0 atom stereocenters. The van der Waals surface area contributed by atoms with Crippen molar-refractivity contribution in [2.24, 2.45) is 4.99 Å². The third-order valence-corrected chi connectivity index (χ3v) is 1.62. The van der Waals surface area contributed by atoms with Crippen molar-refractivity contribution in [2.45, 2.75) is 13.8 Å². The van der Waals surface area contributed by atoms with Crippen molar-refractivity contribution in [1.82, 2.24) is 0 Å². The molecule has 0 saturated heterocycles. The molecule has 0 aliphatic carbocycles. The highest BCUT2D eigenvalue weighted by molar-refractivity contribution is 5.58. The maximum Gasteiger partial charge on any atom is 0.278 e. The first-order valence-corrected chi connectivity index (χ1v) is 3.80. The van der Waals surface area contributed by atoms with Crippen molar-refractivity contribution in [3.63, 3.8) is 0 Å². The number of aryl methyl sites for hydroxylation is 2. The lowest BCUT2D eigenvalue weighted by Crippen LogP contribution is -1.80. The van der Waals surface area contributed by atoms with Crippen LogP contribution in [0.1, 0.15) is 11.1 Å². The fourth-order valence-corrected chi connectivity index (χ4v) is 0.935. The van der Waals surface area contributed by atoms with E-state index < -0.39 is 0 Å². The molecule has 2 nitrogen and oxygen atoms in total. The van der Waals surface area contributed by atoms with Gasteiger partial charge in [0.1, 0.15) is 0 Å². The molecule has 63 valence electrons. The fraction of sp³-hybridized carbons (Fsp3) is 0.300. The molecule has 0 aliphatic rings. The molecule has 0 aromatic heterocycles. The fourth-order valence-electron chi connectivity index (χ4n) is 0.935. The van der Waals surface area contributed by atoms with Gasteiger partial charge < -0.3 is 4.74 Å². The third kappa shape index (κ3) is 2.09. The predicted molar refractivity (Wildman–Crippen MR) is 50.0 cm³/mol. The van der Waals surface area contributed by atoms with Crippen LogP contribution in [0.3, 0.4) is 0 Å². The van der Waals surface area contributed by atoms with E-state index in [2.05, 4.69) is 22.2 Å². The van der Waals surface area contributed by atoms with Crippen LogP contribution in [0.25, 0.3) is 0 Å². The summed E-state index contributed by atoms with van der Waals surface area (Å²) in [5.74, 6) is 0. The van der Waals surface area contributed by atoms with Crippen molar-refractivity contribution in [3.8, 4) is 0 Å². The zero-order valence-electron chi connectivity index (χ0n) is 7.59. The summed E-state index contributed by atoms with van der Waals surface area (Å²) in [5.41, 5.74) is 3.24. The third-order valence-electron chi connectivity index (χ3n) is 1.62. The monoisotopic (exact) mass is 162 g/mol. The maximum absolute atomic E-state index is 4.62. The van der Waals surface area contributed by atoms with Gasteiger partial charge in [0.25, 0.3) is 6.40 Å². The molecule has 1 radical (unpaired) electrons. The summed E-state index contributed by atoms with van der Waals surface area (Å²) in [6.45, 7) is 4.04. The normalized spacial score (nSPS) is 10.6. The molecule has 0 heterocycles. The number of benzene rings is 1. The second-order valence-electron chi connectivity index (χ2n) is 2.70. The number of rotatable bonds is 2. The van der Waals surface area contributed by atoms with Crippen molar-refractivity contribution < 1.29 is 4.74 Å². The molecule has 0 N–H and O–H groups in total. The molecule has 0 unspecified atom stereocenters. The van der Waals surface area contributed by atoms with Crippen molar-refractivity contribution in [2.75, 3.05) is 7.11 Å². The van der Waals surface area contributed by atoms with Crippen LogP contribution in [-0.2, 0) is 4.74 Å². The second-order valence-corrected chi connectivity index (χ2v) is 2.70. The van der Waals surface area contributed by atoms with Gasteiger partial charge in [-0.3, -0.25) is 0 Å². The van der Waals surface area contributed by atoms with Crippen molar-refractivity contribution in [1.29, 1.82) is 0 Å². The van der Waals surface area contributed by atoms with Gasteiger partial charge in [0.2, 0.25) is 0 Å². The number of ether oxygens (including phenoxy) is 1. The van der Waals surface area contributed by atoms with Crippen LogP contribution >= 0.6 is 0 Å². The molecule has 0 amide bonds. The Hall–Kier alpha value is -1.31. The molecule has 1 aromatic carbocycles. The molecular formula is C10H12NO. The first kappa shape index (κ1) is 8.78. The summed E-state index contributed by atoms with van der Waals surface area (Å²) in [6, 6.07) is 6.09. The molecule has 0 aliphatic heterocycles. The number of hydrogen-bond acceptors (Lipinski definition) is 2. The Balaban J connectivity index is 2.97. The molecular weight excluding hydrogens is 150 g/mol. The van der Waals surface area contributed by atoms with Crippen LogP contribution in [0.4, 0.5) is 5.69 Å². The molecule has 0 spiro atoms. The molecule has 1 aromatic rings. The van der Waals surface area contributed by atoms with E-state index in [1.807, 2.05) is 26.0 Å². The van der Waals surface area contributed by atoms with E-state index in [1.54, 1.807) is 0 Å². The Labute approximate surface area is 72.9 Å². The topological polar surface area (TPSA) is 21.6 Å². The van der Waals surface area contributed by atoms with E-state index in [-0.39, 0.29) is 0 Å². The minimum absolute atomic E-state index is 0.914. The largest absolute Gasteiger partial charge is 0.477 e. The maximum atomic E-state index is 4.62. The Morgan fingerprint density at radius 1 is 1.33 bits per heavy atom. The molecule has 0 bridgehead atoms. The highest BCUT2D eigenvalue weighted by Crippen LogP contribution is 2.18. The minimum atomic E-state index is 0.914. The average Bonchev–Trinajstić information content (AvgIpc) is 2.07. The van der Waals surface area contributed by atoms with Crippen molar-refractivity contribution in [3.05, 3.63) is 29.3 Å². The van der Waals surface area contributed by atoms with Crippen LogP contribution in [0.15, 0.2) is 23.2 Å². The highest BCUT2D eigenvalue weighted by atomic mass is 16.5. The molecule has 0 saturated carbocycles. The van der Waals surface area contributed by atoms with E-state index >= 15 is 0 Å². The molecule has 1 rings (SSSR count). The van der Waals surface area contributed by atoms with Gasteiger partial charge >= 0.3 is 0 Å². The standard InChI is InChI=1S/C10H12NO/c1-8-4-5-9(2)10(6-8)11-7-12-3/h4-6H,1-3H3.